The Morgan fingerprint density at radius 3 is 2.21 bits per heavy atom. The fourth-order valence-corrected chi connectivity index (χ4v) is 2.57. The molecule has 3 rings (SSSR count). The van der Waals surface area contributed by atoms with E-state index < -0.39 is 0 Å². The van der Waals surface area contributed by atoms with E-state index >= 15 is 0 Å². The second-order valence-electron chi connectivity index (χ2n) is 6.03. The molecular weight excluding hydrogens is 372 g/mol. The van der Waals surface area contributed by atoms with Gasteiger partial charge in [-0.15, -0.1) is 10.2 Å². The van der Waals surface area contributed by atoms with E-state index in [4.69, 9.17) is 14.2 Å². The van der Waals surface area contributed by atoms with Crippen LogP contribution in [0, 0.1) is 0 Å². The average molecular weight is 394 g/mol. The van der Waals surface area contributed by atoms with E-state index in [0.717, 1.165) is 11.3 Å². The van der Waals surface area contributed by atoms with Crippen LogP contribution in [-0.2, 0) is 6.54 Å². The van der Waals surface area contributed by atoms with Crippen molar-refractivity contribution in [2.45, 2.75) is 6.54 Å². The number of rotatable bonds is 8. The highest BCUT2D eigenvalue weighted by Gasteiger charge is 2.12. The number of amides is 1. The van der Waals surface area contributed by atoms with Crippen molar-refractivity contribution in [3.8, 4) is 17.2 Å². The summed E-state index contributed by atoms with van der Waals surface area (Å²) in [6.45, 7) is 0.577. The minimum Gasteiger partial charge on any atom is -0.497 e. The topological polar surface area (TPSA) is 94.6 Å². The number of nitrogens with one attached hydrogen (secondary N) is 2. The molecule has 8 nitrogen and oxygen atoms in total. The number of carbonyl (C=O) groups is 1. The largest absolute Gasteiger partial charge is 0.497 e. The van der Waals surface area contributed by atoms with E-state index in [1.165, 1.54) is 7.11 Å². The Labute approximate surface area is 168 Å². The summed E-state index contributed by atoms with van der Waals surface area (Å²) < 4.78 is 15.6. The van der Waals surface area contributed by atoms with Crippen LogP contribution in [-0.4, -0.2) is 37.4 Å². The van der Waals surface area contributed by atoms with Crippen LogP contribution in [0.1, 0.15) is 16.1 Å². The molecule has 29 heavy (non-hydrogen) atoms. The minimum absolute atomic E-state index is 0.192. The summed E-state index contributed by atoms with van der Waals surface area (Å²) in [6.07, 6.45) is 0. The van der Waals surface area contributed by atoms with Gasteiger partial charge in [-0.05, 0) is 42.0 Å². The number of methoxy groups -OCH3 is 3. The maximum Gasteiger partial charge on any atom is 0.276 e. The van der Waals surface area contributed by atoms with Gasteiger partial charge in [0.15, 0.2) is 5.69 Å². The molecule has 0 spiro atoms. The van der Waals surface area contributed by atoms with Crippen LogP contribution in [0.15, 0.2) is 54.6 Å². The smallest absolute Gasteiger partial charge is 0.276 e. The molecule has 1 amide bonds. The minimum atomic E-state index is -0.386. The average Bonchev–Trinajstić information content (AvgIpc) is 2.78. The first-order chi connectivity index (χ1) is 14.1. The molecule has 0 fully saturated rings. The van der Waals surface area contributed by atoms with Gasteiger partial charge in [0.2, 0.25) is 0 Å². The molecular formula is C21H22N4O4. The van der Waals surface area contributed by atoms with Crippen molar-refractivity contribution in [2.75, 3.05) is 32.0 Å². The highest BCUT2D eigenvalue weighted by molar-refractivity contribution is 6.03. The molecule has 0 saturated heterocycles. The molecule has 0 radical (unpaired) electrons. The Hall–Kier alpha value is -3.81. The Morgan fingerprint density at radius 2 is 1.59 bits per heavy atom. The molecule has 2 N–H and O–H groups in total. The van der Waals surface area contributed by atoms with E-state index in [-0.39, 0.29) is 11.6 Å². The van der Waals surface area contributed by atoms with E-state index in [0.29, 0.717) is 29.5 Å². The van der Waals surface area contributed by atoms with Crippen molar-refractivity contribution in [1.82, 2.24) is 10.2 Å². The quantitative estimate of drug-likeness (QED) is 0.605. The van der Waals surface area contributed by atoms with Gasteiger partial charge >= 0.3 is 0 Å². The molecule has 0 aliphatic rings. The summed E-state index contributed by atoms with van der Waals surface area (Å²) in [5.41, 5.74) is 1.78. The second-order valence-corrected chi connectivity index (χ2v) is 6.03. The summed E-state index contributed by atoms with van der Waals surface area (Å²) in [7, 11) is 4.71. The molecule has 0 saturated carbocycles. The molecule has 0 aliphatic carbocycles. The number of ether oxygens (including phenoxy) is 3. The van der Waals surface area contributed by atoms with Gasteiger partial charge in [0.05, 0.1) is 27.0 Å². The Balaban J connectivity index is 1.61. The van der Waals surface area contributed by atoms with E-state index in [9.17, 15) is 4.79 Å². The van der Waals surface area contributed by atoms with Gasteiger partial charge in [0.1, 0.15) is 23.1 Å². The SMILES string of the molecule is COc1ccc(CNc2ccc(C(=O)Nc3ccc(OC)cc3OC)nn2)cc1. The Kier molecular flexibility index (Phi) is 6.47. The lowest BCUT2D eigenvalue weighted by Crippen LogP contribution is -2.15. The highest BCUT2D eigenvalue weighted by Crippen LogP contribution is 2.29. The van der Waals surface area contributed by atoms with Gasteiger partial charge in [0, 0.05) is 12.6 Å². The van der Waals surface area contributed by atoms with Crippen molar-refractivity contribution >= 4 is 17.4 Å². The van der Waals surface area contributed by atoms with Crippen LogP contribution in [0.3, 0.4) is 0 Å². The summed E-state index contributed by atoms with van der Waals surface area (Å²) in [4.78, 5) is 12.5. The van der Waals surface area contributed by atoms with E-state index in [2.05, 4.69) is 20.8 Å². The Morgan fingerprint density at radius 1 is 0.862 bits per heavy atom. The predicted octanol–water partition coefficient (Wildman–Crippen LogP) is 3.37. The molecule has 0 bridgehead atoms. The van der Waals surface area contributed by atoms with Crippen molar-refractivity contribution in [2.24, 2.45) is 0 Å². The number of hydrogen-bond donors (Lipinski definition) is 2. The molecule has 2 aromatic carbocycles. The van der Waals surface area contributed by atoms with Crippen molar-refractivity contribution < 1.29 is 19.0 Å². The monoisotopic (exact) mass is 394 g/mol. The van der Waals surface area contributed by atoms with Gasteiger partial charge in [0.25, 0.3) is 5.91 Å². The molecule has 0 atom stereocenters. The Bertz CT molecular complexity index is 959. The number of anilines is 2. The van der Waals surface area contributed by atoms with E-state index in [1.807, 2.05) is 24.3 Å². The zero-order valence-electron chi connectivity index (χ0n) is 16.4. The van der Waals surface area contributed by atoms with Crippen LogP contribution in [0.4, 0.5) is 11.5 Å². The van der Waals surface area contributed by atoms with Gasteiger partial charge in [-0.3, -0.25) is 4.79 Å². The van der Waals surface area contributed by atoms with Crippen molar-refractivity contribution in [3.05, 3.63) is 65.9 Å². The zero-order chi connectivity index (χ0) is 20.6. The summed E-state index contributed by atoms with van der Waals surface area (Å²) in [5.74, 6) is 2.11. The number of carbonyl (C=O) groups excluding carboxylic acids is 1. The lowest BCUT2D eigenvalue weighted by molar-refractivity contribution is 0.102. The standard InChI is InChI=1S/C21H22N4O4/c1-27-15-6-4-14(5-7-15)13-22-20-11-10-18(24-25-20)21(26)23-17-9-8-16(28-2)12-19(17)29-3/h4-12H,13H2,1-3H3,(H,22,25)(H,23,26). The molecule has 1 heterocycles. The van der Waals surface area contributed by atoms with Crippen LogP contribution < -0.4 is 24.8 Å². The number of hydrogen-bond acceptors (Lipinski definition) is 7. The first kappa shape index (κ1) is 19.9. The van der Waals surface area contributed by atoms with Gasteiger partial charge in [-0.1, -0.05) is 12.1 Å². The van der Waals surface area contributed by atoms with Crippen LogP contribution in [0.2, 0.25) is 0 Å². The maximum atomic E-state index is 12.5. The van der Waals surface area contributed by atoms with Crippen molar-refractivity contribution in [1.29, 1.82) is 0 Å². The van der Waals surface area contributed by atoms with E-state index in [1.54, 1.807) is 44.6 Å². The lowest BCUT2D eigenvalue weighted by Gasteiger charge is -2.11. The zero-order valence-corrected chi connectivity index (χ0v) is 16.4. The number of aromatic nitrogens is 2. The normalized spacial score (nSPS) is 10.2. The molecule has 1 aromatic heterocycles. The fraction of sp³-hybridized carbons (Fsp3) is 0.190. The number of nitrogens with zero attached hydrogens (tertiary/aromatic N) is 2. The number of benzene rings is 2. The van der Waals surface area contributed by atoms with Crippen LogP contribution in [0.25, 0.3) is 0 Å². The molecule has 0 aliphatic heterocycles. The fourth-order valence-electron chi connectivity index (χ4n) is 2.57. The molecule has 150 valence electrons. The lowest BCUT2D eigenvalue weighted by atomic mass is 10.2. The third-order valence-electron chi connectivity index (χ3n) is 4.19. The van der Waals surface area contributed by atoms with Crippen LogP contribution in [0.5, 0.6) is 17.2 Å². The molecule has 8 heteroatoms. The summed E-state index contributed by atoms with van der Waals surface area (Å²) >= 11 is 0. The highest BCUT2D eigenvalue weighted by atomic mass is 16.5. The third-order valence-corrected chi connectivity index (χ3v) is 4.19. The maximum absolute atomic E-state index is 12.5. The van der Waals surface area contributed by atoms with Gasteiger partial charge in [-0.2, -0.15) is 0 Å². The van der Waals surface area contributed by atoms with Crippen molar-refractivity contribution in [3.63, 3.8) is 0 Å². The summed E-state index contributed by atoms with van der Waals surface area (Å²) in [6, 6.07) is 16.1. The van der Waals surface area contributed by atoms with Crippen LogP contribution >= 0.6 is 0 Å². The third kappa shape index (κ3) is 5.13. The first-order valence-corrected chi connectivity index (χ1v) is 8.87. The second kappa shape index (κ2) is 9.41. The molecule has 0 unspecified atom stereocenters. The predicted molar refractivity (Wildman–Crippen MR) is 110 cm³/mol. The van der Waals surface area contributed by atoms with Gasteiger partial charge < -0.3 is 24.8 Å². The summed E-state index contributed by atoms with van der Waals surface area (Å²) in [5, 5.41) is 14.0. The molecule has 3 aromatic rings. The van der Waals surface area contributed by atoms with Gasteiger partial charge in [-0.25, -0.2) is 0 Å². The first-order valence-electron chi connectivity index (χ1n) is 8.87.